The van der Waals surface area contributed by atoms with Gasteiger partial charge in [-0.05, 0) is 5.56 Å². The third-order valence-electron chi connectivity index (χ3n) is 2.45. The lowest BCUT2D eigenvalue weighted by Gasteiger charge is -2.14. The highest BCUT2D eigenvalue weighted by atomic mass is 32.2. The van der Waals surface area contributed by atoms with Gasteiger partial charge in [-0.3, -0.25) is 10.1 Å². The van der Waals surface area contributed by atoms with Gasteiger partial charge in [-0.15, -0.1) is 10.2 Å². The number of hydrogen-bond acceptors (Lipinski definition) is 7. The number of thioether (sulfide) groups is 1. The molecule has 1 aromatic carbocycles. The van der Waals surface area contributed by atoms with Gasteiger partial charge in [0.25, 0.3) is 0 Å². The standard InChI is InChI=1S/C12H13N5O2S2/c1-14-11(19)15-9(18)8(7-5-3-2-4-6-7)20-12-17-16-10(13)21-12/h2-6,8H,1H3,(H2,13,16)(H2,14,15,18,19)/t8-/m1/s1. The maximum absolute atomic E-state index is 12.3. The molecule has 0 fully saturated rings. The number of aromatic nitrogens is 2. The second-order valence-electron chi connectivity index (χ2n) is 3.88. The van der Waals surface area contributed by atoms with Crippen molar-refractivity contribution in [2.75, 3.05) is 12.8 Å². The molecule has 1 heterocycles. The van der Waals surface area contributed by atoms with Crippen LogP contribution >= 0.6 is 23.1 Å². The summed E-state index contributed by atoms with van der Waals surface area (Å²) in [4.78, 5) is 23.6. The lowest BCUT2D eigenvalue weighted by Crippen LogP contribution is -2.39. The zero-order valence-electron chi connectivity index (χ0n) is 11.1. The average Bonchev–Trinajstić information content (AvgIpc) is 2.90. The van der Waals surface area contributed by atoms with Crippen LogP contribution in [-0.2, 0) is 4.79 Å². The van der Waals surface area contributed by atoms with E-state index in [1.165, 1.54) is 30.1 Å². The fourth-order valence-electron chi connectivity index (χ4n) is 1.51. The zero-order valence-corrected chi connectivity index (χ0v) is 12.7. The van der Waals surface area contributed by atoms with Crippen molar-refractivity contribution >= 4 is 40.2 Å². The number of imide groups is 1. The Morgan fingerprint density at radius 1 is 1.29 bits per heavy atom. The molecule has 0 unspecified atom stereocenters. The summed E-state index contributed by atoms with van der Waals surface area (Å²) in [6.45, 7) is 0. The van der Waals surface area contributed by atoms with E-state index in [2.05, 4.69) is 20.8 Å². The van der Waals surface area contributed by atoms with E-state index in [0.29, 0.717) is 9.47 Å². The number of hydrogen-bond donors (Lipinski definition) is 3. The van der Waals surface area contributed by atoms with E-state index in [4.69, 9.17) is 5.73 Å². The maximum Gasteiger partial charge on any atom is 0.321 e. The molecule has 4 N–H and O–H groups in total. The van der Waals surface area contributed by atoms with Crippen LogP contribution in [-0.4, -0.2) is 29.2 Å². The first-order chi connectivity index (χ1) is 10.1. The number of nitrogens with two attached hydrogens (primary N) is 1. The third kappa shape index (κ3) is 4.17. The molecule has 0 aliphatic carbocycles. The van der Waals surface area contributed by atoms with Crippen LogP contribution in [0.2, 0.25) is 0 Å². The summed E-state index contributed by atoms with van der Waals surface area (Å²) in [7, 11) is 1.44. The van der Waals surface area contributed by atoms with E-state index in [1.807, 2.05) is 30.3 Å². The second-order valence-corrected chi connectivity index (χ2v) is 6.24. The van der Waals surface area contributed by atoms with Crippen LogP contribution in [0.25, 0.3) is 0 Å². The van der Waals surface area contributed by atoms with Crippen LogP contribution in [0.1, 0.15) is 10.8 Å². The number of amides is 3. The minimum atomic E-state index is -0.615. The predicted molar refractivity (Wildman–Crippen MR) is 82.0 cm³/mol. The molecule has 7 nitrogen and oxygen atoms in total. The van der Waals surface area contributed by atoms with Crippen molar-refractivity contribution in [1.29, 1.82) is 0 Å². The van der Waals surface area contributed by atoms with Gasteiger partial charge in [0, 0.05) is 7.05 Å². The van der Waals surface area contributed by atoms with Crippen LogP contribution in [0.15, 0.2) is 34.7 Å². The lowest BCUT2D eigenvalue weighted by atomic mass is 10.1. The average molecular weight is 323 g/mol. The minimum Gasteiger partial charge on any atom is -0.374 e. The number of nitrogens with one attached hydrogen (secondary N) is 2. The number of carbonyl (C=O) groups is 2. The van der Waals surface area contributed by atoms with Crippen LogP contribution in [0, 0.1) is 0 Å². The Labute approximate surface area is 129 Å². The van der Waals surface area contributed by atoms with Gasteiger partial charge in [-0.1, -0.05) is 53.4 Å². The molecule has 2 rings (SSSR count). The van der Waals surface area contributed by atoms with E-state index in [0.717, 1.165) is 5.56 Å². The highest BCUT2D eigenvalue weighted by molar-refractivity contribution is 8.01. The Balaban J connectivity index is 2.22. The highest BCUT2D eigenvalue weighted by Crippen LogP contribution is 2.37. The number of benzene rings is 1. The molecule has 110 valence electrons. The Hall–Kier alpha value is -2.13. The van der Waals surface area contributed by atoms with Crippen LogP contribution in [0.5, 0.6) is 0 Å². The molecule has 1 atom stereocenters. The van der Waals surface area contributed by atoms with E-state index in [-0.39, 0.29) is 0 Å². The van der Waals surface area contributed by atoms with Crippen LogP contribution in [0.3, 0.4) is 0 Å². The summed E-state index contributed by atoms with van der Waals surface area (Å²) in [5, 5.41) is 11.9. The topological polar surface area (TPSA) is 110 Å². The van der Waals surface area contributed by atoms with E-state index in [9.17, 15) is 9.59 Å². The summed E-state index contributed by atoms with van der Waals surface area (Å²) >= 11 is 2.39. The first-order valence-corrected chi connectivity index (χ1v) is 7.63. The molecule has 0 radical (unpaired) electrons. The first kappa shape index (κ1) is 15.3. The number of carbonyl (C=O) groups excluding carboxylic acids is 2. The summed E-state index contributed by atoms with van der Waals surface area (Å²) in [6, 6.07) is 8.56. The number of anilines is 1. The Morgan fingerprint density at radius 3 is 2.57 bits per heavy atom. The summed E-state index contributed by atoms with van der Waals surface area (Å²) in [5.74, 6) is -0.431. The molecule has 0 spiro atoms. The van der Waals surface area contributed by atoms with Gasteiger partial charge in [0.05, 0.1) is 0 Å². The van der Waals surface area contributed by atoms with Gasteiger partial charge in [0.2, 0.25) is 11.0 Å². The van der Waals surface area contributed by atoms with Crippen molar-refractivity contribution in [3.05, 3.63) is 35.9 Å². The summed E-state index contributed by atoms with van der Waals surface area (Å²) < 4.78 is 0.563. The Kier molecular flexibility index (Phi) is 5.12. The van der Waals surface area contributed by atoms with Gasteiger partial charge in [-0.2, -0.15) is 0 Å². The van der Waals surface area contributed by atoms with Crippen molar-refractivity contribution in [1.82, 2.24) is 20.8 Å². The van der Waals surface area contributed by atoms with Gasteiger partial charge < -0.3 is 11.1 Å². The number of urea groups is 1. The molecule has 0 aliphatic heterocycles. The fourth-order valence-corrected chi connectivity index (χ4v) is 3.34. The lowest BCUT2D eigenvalue weighted by molar-refractivity contribution is -0.119. The molecule has 0 saturated heterocycles. The van der Waals surface area contributed by atoms with Crippen LogP contribution < -0.4 is 16.4 Å². The van der Waals surface area contributed by atoms with Crippen molar-refractivity contribution in [2.24, 2.45) is 0 Å². The van der Waals surface area contributed by atoms with Crippen molar-refractivity contribution in [3.8, 4) is 0 Å². The fraction of sp³-hybridized carbons (Fsp3) is 0.167. The molecule has 9 heteroatoms. The molecule has 0 aliphatic rings. The van der Waals surface area contributed by atoms with Crippen molar-refractivity contribution in [3.63, 3.8) is 0 Å². The number of rotatable bonds is 4. The molecule has 0 saturated carbocycles. The van der Waals surface area contributed by atoms with Crippen molar-refractivity contribution < 1.29 is 9.59 Å². The normalized spacial score (nSPS) is 11.7. The number of nitrogens with zero attached hydrogens (tertiary/aromatic N) is 2. The zero-order chi connectivity index (χ0) is 15.2. The highest BCUT2D eigenvalue weighted by Gasteiger charge is 2.25. The molecule has 21 heavy (non-hydrogen) atoms. The number of nitrogen functional groups attached to an aromatic ring is 1. The largest absolute Gasteiger partial charge is 0.374 e. The van der Waals surface area contributed by atoms with Gasteiger partial charge in [-0.25, -0.2) is 4.79 Å². The Morgan fingerprint density at radius 2 is 2.00 bits per heavy atom. The summed E-state index contributed by atoms with van der Waals surface area (Å²) in [5.41, 5.74) is 6.30. The quantitative estimate of drug-likeness (QED) is 0.734. The second kappa shape index (κ2) is 7.04. The molecule has 1 aromatic heterocycles. The molecule has 3 amide bonds. The minimum absolute atomic E-state index is 0.330. The maximum atomic E-state index is 12.3. The Bertz CT molecular complexity index is 632. The van der Waals surface area contributed by atoms with Gasteiger partial charge in [0.1, 0.15) is 5.25 Å². The van der Waals surface area contributed by atoms with Gasteiger partial charge >= 0.3 is 6.03 Å². The first-order valence-electron chi connectivity index (χ1n) is 5.93. The van der Waals surface area contributed by atoms with E-state index >= 15 is 0 Å². The van der Waals surface area contributed by atoms with E-state index in [1.54, 1.807) is 0 Å². The van der Waals surface area contributed by atoms with Crippen LogP contribution in [0.4, 0.5) is 9.93 Å². The molecular formula is C12H13N5O2S2. The smallest absolute Gasteiger partial charge is 0.321 e. The predicted octanol–water partition coefficient (Wildman–Crippen LogP) is 1.41. The molecule has 0 bridgehead atoms. The van der Waals surface area contributed by atoms with Gasteiger partial charge in [0.15, 0.2) is 4.34 Å². The third-order valence-corrected chi connectivity index (χ3v) is 4.54. The SMILES string of the molecule is CNC(=O)NC(=O)[C@H](Sc1nnc(N)s1)c1ccccc1. The summed E-state index contributed by atoms with van der Waals surface area (Å²) in [6.07, 6.45) is 0. The molecular weight excluding hydrogens is 310 g/mol. The monoisotopic (exact) mass is 323 g/mol. The molecule has 2 aromatic rings. The van der Waals surface area contributed by atoms with E-state index < -0.39 is 17.2 Å². The van der Waals surface area contributed by atoms with Crippen molar-refractivity contribution in [2.45, 2.75) is 9.59 Å².